The zero-order valence-electron chi connectivity index (χ0n) is 11.2. The van der Waals surface area contributed by atoms with E-state index < -0.39 is 0 Å². The van der Waals surface area contributed by atoms with Crippen LogP contribution in [-0.4, -0.2) is 20.5 Å². The Morgan fingerprint density at radius 1 is 1.40 bits per heavy atom. The molecule has 0 radical (unpaired) electrons. The largest absolute Gasteiger partial charge is 0.359 e. The van der Waals surface area contributed by atoms with Crippen molar-refractivity contribution in [2.45, 2.75) is 20.3 Å². The predicted molar refractivity (Wildman–Crippen MR) is 80.3 cm³/mol. The van der Waals surface area contributed by atoms with E-state index in [1.165, 1.54) is 0 Å². The Kier molecular flexibility index (Phi) is 3.23. The molecule has 0 unspecified atom stereocenters. The van der Waals surface area contributed by atoms with E-state index in [4.69, 9.17) is 0 Å². The minimum atomic E-state index is -0.150. The van der Waals surface area contributed by atoms with Crippen LogP contribution in [0.4, 0.5) is 5.69 Å². The fourth-order valence-corrected chi connectivity index (χ4v) is 2.80. The molecule has 0 saturated carbocycles. The Balaban J connectivity index is 1.87. The van der Waals surface area contributed by atoms with Gasteiger partial charge in [0.05, 0.1) is 5.69 Å². The summed E-state index contributed by atoms with van der Waals surface area (Å²) in [6.45, 7) is 3.97. The molecular formula is C14H14N4OS. The zero-order valence-corrected chi connectivity index (χ0v) is 12.0. The van der Waals surface area contributed by atoms with E-state index in [2.05, 4.69) is 26.0 Å². The highest BCUT2D eigenvalue weighted by molar-refractivity contribution is 7.08. The average Bonchev–Trinajstić information content (AvgIpc) is 3.02. The van der Waals surface area contributed by atoms with Crippen LogP contribution in [0.3, 0.4) is 0 Å². The summed E-state index contributed by atoms with van der Waals surface area (Å²) in [6.07, 6.45) is 0.704. The minimum absolute atomic E-state index is 0.150. The molecule has 0 saturated heterocycles. The highest BCUT2D eigenvalue weighted by Crippen LogP contribution is 2.21. The number of rotatable bonds is 3. The van der Waals surface area contributed by atoms with Gasteiger partial charge in [-0.1, -0.05) is 11.4 Å². The molecule has 0 fully saturated rings. The SMILES string of the molecule is CCc1nnsc1C(=O)Nc1ccc2[nH]c(C)cc2c1. The first-order chi connectivity index (χ1) is 9.67. The van der Waals surface area contributed by atoms with Crippen molar-refractivity contribution in [1.82, 2.24) is 14.6 Å². The van der Waals surface area contributed by atoms with E-state index in [0.717, 1.165) is 39.5 Å². The molecule has 20 heavy (non-hydrogen) atoms. The Labute approximate surface area is 120 Å². The van der Waals surface area contributed by atoms with Gasteiger partial charge >= 0.3 is 0 Å². The topological polar surface area (TPSA) is 70.7 Å². The highest BCUT2D eigenvalue weighted by Gasteiger charge is 2.15. The summed E-state index contributed by atoms with van der Waals surface area (Å²) >= 11 is 1.13. The van der Waals surface area contributed by atoms with Gasteiger partial charge in [-0.15, -0.1) is 5.10 Å². The molecule has 3 rings (SSSR count). The summed E-state index contributed by atoms with van der Waals surface area (Å²) < 4.78 is 3.83. The van der Waals surface area contributed by atoms with Crippen LogP contribution in [-0.2, 0) is 6.42 Å². The third-order valence-electron chi connectivity index (χ3n) is 3.11. The maximum Gasteiger partial charge on any atom is 0.269 e. The number of H-pyrrole nitrogens is 1. The van der Waals surface area contributed by atoms with E-state index >= 15 is 0 Å². The maximum atomic E-state index is 12.2. The summed E-state index contributed by atoms with van der Waals surface area (Å²) in [6, 6.07) is 7.85. The van der Waals surface area contributed by atoms with Gasteiger partial charge in [-0.2, -0.15) is 0 Å². The van der Waals surface area contributed by atoms with Crippen molar-refractivity contribution in [3.63, 3.8) is 0 Å². The van der Waals surface area contributed by atoms with Crippen molar-refractivity contribution >= 4 is 34.0 Å². The summed E-state index contributed by atoms with van der Waals surface area (Å²) in [4.78, 5) is 16.0. The molecule has 0 bridgehead atoms. The minimum Gasteiger partial charge on any atom is -0.359 e. The number of fused-ring (bicyclic) bond motifs is 1. The van der Waals surface area contributed by atoms with Gasteiger partial charge in [0.2, 0.25) is 0 Å². The van der Waals surface area contributed by atoms with Crippen LogP contribution in [0.5, 0.6) is 0 Å². The van der Waals surface area contributed by atoms with Crippen LogP contribution < -0.4 is 5.32 Å². The molecule has 0 spiro atoms. The van der Waals surface area contributed by atoms with Crippen molar-refractivity contribution < 1.29 is 4.79 Å². The number of aromatic amines is 1. The molecule has 102 valence electrons. The van der Waals surface area contributed by atoms with E-state index in [9.17, 15) is 4.79 Å². The van der Waals surface area contributed by atoms with Crippen LogP contribution in [0.25, 0.3) is 10.9 Å². The molecular weight excluding hydrogens is 272 g/mol. The van der Waals surface area contributed by atoms with Crippen LogP contribution in [0.1, 0.15) is 28.0 Å². The smallest absolute Gasteiger partial charge is 0.269 e. The lowest BCUT2D eigenvalue weighted by Crippen LogP contribution is -2.12. The van der Waals surface area contributed by atoms with Gasteiger partial charge in [0.1, 0.15) is 4.88 Å². The number of benzene rings is 1. The normalized spacial score (nSPS) is 10.9. The summed E-state index contributed by atoms with van der Waals surface area (Å²) in [5.41, 5.74) is 3.68. The number of carbonyl (C=O) groups is 1. The quantitative estimate of drug-likeness (QED) is 0.777. The third kappa shape index (κ3) is 2.30. The molecule has 0 atom stereocenters. The second-order valence-corrected chi connectivity index (χ2v) is 5.36. The second-order valence-electron chi connectivity index (χ2n) is 4.61. The first-order valence-corrected chi connectivity index (χ1v) is 7.16. The fourth-order valence-electron chi connectivity index (χ4n) is 2.16. The van der Waals surface area contributed by atoms with Crippen molar-refractivity contribution in [3.8, 4) is 0 Å². The standard InChI is InChI=1S/C14H14N4OS/c1-3-11-13(20-18-17-11)14(19)16-10-4-5-12-9(7-10)6-8(2)15-12/h4-7,15H,3H2,1-2H3,(H,16,19). The Morgan fingerprint density at radius 3 is 3.05 bits per heavy atom. The number of aromatic nitrogens is 3. The average molecular weight is 286 g/mol. The Bertz CT molecular complexity index is 774. The Hall–Kier alpha value is -2.21. The lowest BCUT2D eigenvalue weighted by Gasteiger charge is -2.04. The third-order valence-corrected chi connectivity index (χ3v) is 3.88. The number of nitrogens with one attached hydrogen (secondary N) is 2. The number of nitrogens with zero attached hydrogens (tertiary/aromatic N) is 2. The molecule has 3 aromatic rings. The van der Waals surface area contributed by atoms with Gasteiger partial charge in [0.15, 0.2) is 0 Å². The monoisotopic (exact) mass is 286 g/mol. The number of hydrogen-bond acceptors (Lipinski definition) is 4. The lowest BCUT2D eigenvalue weighted by molar-refractivity contribution is 0.102. The van der Waals surface area contributed by atoms with E-state index in [1.807, 2.05) is 32.0 Å². The molecule has 0 aliphatic heterocycles. The van der Waals surface area contributed by atoms with E-state index in [0.29, 0.717) is 11.3 Å². The maximum absolute atomic E-state index is 12.2. The number of aryl methyl sites for hydroxylation is 2. The first-order valence-electron chi connectivity index (χ1n) is 6.39. The van der Waals surface area contributed by atoms with Gasteiger partial charge in [-0.25, -0.2) is 0 Å². The molecule has 1 amide bonds. The molecule has 2 aromatic heterocycles. The van der Waals surface area contributed by atoms with Crippen LogP contribution >= 0.6 is 11.5 Å². The molecule has 0 aliphatic rings. The van der Waals surface area contributed by atoms with Gasteiger partial charge in [-0.3, -0.25) is 4.79 Å². The first kappa shape index (κ1) is 12.8. The van der Waals surface area contributed by atoms with Crippen molar-refractivity contribution in [1.29, 1.82) is 0 Å². The fraction of sp³-hybridized carbons (Fsp3) is 0.214. The van der Waals surface area contributed by atoms with Crippen LogP contribution in [0.15, 0.2) is 24.3 Å². The predicted octanol–water partition coefficient (Wildman–Crippen LogP) is 3.14. The number of amides is 1. The van der Waals surface area contributed by atoms with Crippen molar-refractivity contribution in [2.75, 3.05) is 5.32 Å². The number of hydrogen-bond donors (Lipinski definition) is 2. The summed E-state index contributed by atoms with van der Waals surface area (Å²) in [5.74, 6) is -0.150. The molecule has 2 N–H and O–H groups in total. The molecule has 5 nitrogen and oxygen atoms in total. The van der Waals surface area contributed by atoms with Crippen LogP contribution in [0.2, 0.25) is 0 Å². The highest BCUT2D eigenvalue weighted by atomic mass is 32.1. The molecule has 0 aliphatic carbocycles. The van der Waals surface area contributed by atoms with Crippen molar-refractivity contribution in [2.24, 2.45) is 0 Å². The lowest BCUT2D eigenvalue weighted by atomic mass is 10.2. The Morgan fingerprint density at radius 2 is 2.25 bits per heavy atom. The van der Waals surface area contributed by atoms with Gasteiger partial charge in [0, 0.05) is 22.3 Å². The molecule has 2 heterocycles. The molecule has 1 aromatic carbocycles. The summed E-state index contributed by atoms with van der Waals surface area (Å²) in [5, 5.41) is 7.93. The zero-order chi connectivity index (χ0) is 14.1. The van der Waals surface area contributed by atoms with Gasteiger partial charge in [0.25, 0.3) is 5.91 Å². The van der Waals surface area contributed by atoms with E-state index in [1.54, 1.807) is 0 Å². The van der Waals surface area contributed by atoms with Crippen molar-refractivity contribution in [3.05, 3.63) is 40.5 Å². The van der Waals surface area contributed by atoms with Gasteiger partial charge in [-0.05, 0) is 49.1 Å². The van der Waals surface area contributed by atoms with E-state index in [-0.39, 0.29) is 5.91 Å². The number of carbonyl (C=O) groups excluding carboxylic acids is 1. The number of anilines is 1. The molecule has 6 heteroatoms. The second kappa shape index (κ2) is 5.05. The van der Waals surface area contributed by atoms with Crippen LogP contribution in [0, 0.1) is 6.92 Å². The summed E-state index contributed by atoms with van der Waals surface area (Å²) in [7, 11) is 0. The van der Waals surface area contributed by atoms with Gasteiger partial charge < -0.3 is 10.3 Å².